The second kappa shape index (κ2) is 12.1. The van der Waals surface area contributed by atoms with Crippen molar-refractivity contribution in [2.24, 2.45) is 0 Å². The quantitative estimate of drug-likeness (QED) is 0.262. The number of hydrogen-bond acceptors (Lipinski definition) is 9. The molecule has 0 aliphatic heterocycles. The normalized spacial score (nSPS) is 17.5. The number of hydrogen-bond donors (Lipinski definition) is 2. The third-order valence-corrected chi connectivity index (χ3v) is 9.33. The highest BCUT2D eigenvalue weighted by atomic mass is 35.5. The summed E-state index contributed by atoms with van der Waals surface area (Å²) in [6, 6.07) is 11.1. The molecule has 0 atom stereocenters. The summed E-state index contributed by atoms with van der Waals surface area (Å²) < 4.78 is 33.7. The van der Waals surface area contributed by atoms with Crippen molar-refractivity contribution in [3.63, 3.8) is 0 Å². The number of nitrogens with zero attached hydrogens (tertiary/aromatic N) is 5. The van der Waals surface area contributed by atoms with E-state index >= 15 is 0 Å². The number of rotatable bonds is 9. The van der Waals surface area contributed by atoms with Crippen molar-refractivity contribution < 1.29 is 13.2 Å². The van der Waals surface area contributed by atoms with Crippen molar-refractivity contribution in [1.82, 2.24) is 24.8 Å². The lowest BCUT2D eigenvalue weighted by Gasteiger charge is -2.32. The Morgan fingerprint density at radius 2 is 1.80 bits per heavy atom. The highest BCUT2D eigenvalue weighted by Crippen LogP contribution is 2.33. The van der Waals surface area contributed by atoms with E-state index in [1.807, 2.05) is 18.3 Å². The van der Waals surface area contributed by atoms with Crippen molar-refractivity contribution in [2.75, 3.05) is 31.2 Å². The maximum atomic E-state index is 12.9. The van der Waals surface area contributed by atoms with Gasteiger partial charge in [0.15, 0.2) is 5.82 Å². The Balaban J connectivity index is 1.40. The van der Waals surface area contributed by atoms with Crippen LogP contribution in [0.3, 0.4) is 0 Å². The highest BCUT2D eigenvalue weighted by Gasteiger charge is 2.24. The van der Waals surface area contributed by atoms with Gasteiger partial charge < -0.3 is 15.0 Å². The Bertz CT molecular complexity index is 1660. The molecular weight excluding hydrogens is 562 g/mol. The van der Waals surface area contributed by atoms with Gasteiger partial charge in [-0.1, -0.05) is 30.7 Å². The summed E-state index contributed by atoms with van der Waals surface area (Å²) >= 11 is 6.09. The summed E-state index contributed by atoms with van der Waals surface area (Å²) in [5, 5.41) is 4.52. The van der Waals surface area contributed by atoms with Crippen LogP contribution in [-0.4, -0.2) is 66.5 Å². The molecule has 41 heavy (non-hydrogen) atoms. The molecule has 2 aromatic heterocycles. The molecule has 0 amide bonds. The average Bonchev–Trinajstić information content (AvgIpc) is 2.96. The van der Waals surface area contributed by atoms with E-state index in [1.165, 1.54) is 25.4 Å². The van der Waals surface area contributed by atoms with E-state index in [9.17, 15) is 8.42 Å². The minimum Gasteiger partial charge on any atom is -0.479 e. The topological polar surface area (TPSA) is 122 Å². The Morgan fingerprint density at radius 1 is 1.05 bits per heavy atom. The molecule has 1 aliphatic carbocycles. The van der Waals surface area contributed by atoms with Gasteiger partial charge in [-0.2, -0.15) is 4.98 Å². The predicted octanol–water partition coefficient (Wildman–Crippen LogP) is 5.40. The molecule has 0 radical (unpaired) electrons. The van der Waals surface area contributed by atoms with E-state index < -0.39 is 10.0 Å². The minimum atomic E-state index is -3.97. The fourth-order valence-electron chi connectivity index (χ4n) is 5.23. The summed E-state index contributed by atoms with van der Waals surface area (Å²) in [7, 11) is 1.78. The zero-order valence-corrected chi connectivity index (χ0v) is 25.1. The molecule has 216 valence electrons. The van der Waals surface area contributed by atoms with Crippen LogP contribution in [0.2, 0.25) is 5.02 Å². The van der Waals surface area contributed by atoms with Gasteiger partial charge in [-0.3, -0.25) is 4.72 Å². The Morgan fingerprint density at radius 3 is 2.49 bits per heavy atom. The number of halogens is 1. The summed E-state index contributed by atoms with van der Waals surface area (Å²) in [5.74, 6) is 0.833. The first-order valence-corrected chi connectivity index (χ1v) is 15.5. The smallest absolute Gasteiger partial charge is 0.264 e. The number of aryl methyl sites for hydroxylation is 1. The van der Waals surface area contributed by atoms with Gasteiger partial charge >= 0.3 is 0 Å². The zero-order valence-electron chi connectivity index (χ0n) is 23.6. The lowest BCUT2D eigenvalue weighted by Crippen LogP contribution is -2.36. The second-order valence-corrected chi connectivity index (χ2v) is 12.4. The first kappa shape index (κ1) is 29.0. The second-order valence-electron chi connectivity index (χ2n) is 10.4. The maximum Gasteiger partial charge on any atom is 0.264 e. The number of anilines is 2. The SMILES string of the molecule is CCc1cc(-c2ncc(NS(=O)(=O)c3ccccc3Cl)nc2OC)cc2cnc(NC3CCC(N(C)C)CC3)nc12. The fraction of sp³-hybridized carbons (Fsp3) is 0.379. The number of benzene rings is 2. The largest absolute Gasteiger partial charge is 0.479 e. The minimum absolute atomic E-state index is 0.0145. The summed E-state index contributed by atoms with van der Waals surface area (Å²) in [6.45, 7) is 2.08. The number of fused-ring (bicyclic) bond motifs is 1. The molecule has 10 nitrogen and oxygen atoms in total. The van der Waals surface area contributed by atoms with Crippen LogP contribution in [-0.2, 0) is 16.4 Å². The van der Waals surface area contributed by atoms with Gasteiger partial charge in [0, 0.05) is 29.2 Å². The predicted molar refractivity (Wildman–Crippen MR) is 162 cm³/mol. The molecular formula is C29H34ClN7O3S. The zero-order chi connectivity index (χ0) is 29.1. The maximum absolute atomic E-state index is 12.9. The molecule has 1 aliphatic rings. The van der Waals surface area contributed by atoms with Crippen molar-refractivity contribution >= 4 is 44.3 Å². The van der Waals surface area contributed by atoms with Crippen LogP contribution >= 0.6 is 11.6 Å². The fourth-order valence-corrected chi connectivity index (χ4v) is 6.74. The standard InChI is InChI=1S/C29H34ClN7O3S/c1-5-18-14-19(15-20-16-32-29(35-26(18)20)33-21-10-12-22(13-11-21)37(2)3)27-28(40-4)34-25(17-31-27)36-41(38,39)24-9-7-6-8-23(24)30/h6-9,14-17,21-22H,5,10-13H2,1-4H3,(H,34,36)(H,32,33,35). The Hall–Kier alpha value is -3.54. The van der Waals surface area contributed by atoms with E-state index in [0.29, 0.717) is 23.7 Å². The summed E-state index contributed by atoms with van der Waals surface area (Å²) in [4.78, 5) is 20.6. The van der Waals surface area contributed by atoms with Gasteiger partial charge in [0.2, 0.25) is 11.8 Å². The van der Waals surface area contributed by atoms with Crippen LogP contribution < -0.4 is 14.8 Å². The average molecular weight is 596 g/mol. The molecule has 0 bridgehead atoms. The molecule has 5 rings (SSSR count). The molecule has 0 spiro atoms. The van der Waals surface area contributed by atoms with Crippen LogP contribution in [0.1, 0.15) is 38.2 Å². The number of aromatic nitrogens is 4. The number of ether oxygens (including phenoxy) is 1. The van der Waals surface area contributed by atoms with Gasteiger partial charge in [0.1, 0.15) is 10.6 Å². The summed E-state index contributed by atoms with van der Waals surface area (Å²) in [5.41, 5.74) is 3.16. The van der Waals surface area contributed by atoms with Gasteiger partial charge in [-0.25, -0.2) is 23.4 Å². The van der Waals surface area contributed by atoms with E-state index in [-0.39, 0.29) is 21.6 Å². The van der Waals surface area contributed by atoms with Crippen molar-refractivity contribution in [2.45, 2.75) is 56.0 Å². The van der Waals surface area contributed by atoms with Crippen LogP contribution in [0.15, 0.2) is 53.7 Å². The third-order valence-electron chi connectivity index (χ3n) is 7.48. The van der Waals surface area contributed by atoms with Crippen LogP contribution in [0.25, 0.3) is 22.2 Å². The third kappa shape index (κ3) is 6.37. The molecule has 4 aromatic rings. The molecule has 1 saturated carbocycles. The van der Waals surface area contributed by atoms with Crippen molar-refractivity contribution in [3.8, 4) is 17.1 Å². The number of sulfonamides is 1. The van der Waals surface area contributed by atoms with Gasteiger partial charge in [0.25, 0.3) is 10.0 Å². The monoisotopic (exact) mass is 595 g/mol. The van der Waals surface area contributed by atoms with E-state index in [2.05, 4.69) is 50.9 Å². The van der Waals surface area contributed by atoms with Gasteiger partial charge in [-0.05, 0) is 76.0 Å². The van der Waals surface area contributed by atoms with E-state index in [0.717, 1.165) is 54.1 Å². The molecule has 0 unspecified atom stereocenters. The number of nitrogens with one attached hydrogen (secondary N) is 2. The molecule has 0 saturated heterocycles. The van der Waals surface area contributed by atoms with Crippen LogP contribution in [0.4, 0.5) is 11.8 Å². The van der Waals surface area contributed by atoms with Crippen LogP contribution in [0.5, 0.6) is 5.88 Å². The molecule has 2 aromatic carbocycles. The summed E-state index contributed by atoms with van der Waals surface area (Å²) in [6.07, 6.45) is 8.43. The van der Waals surface area contributed by atoms with Crippen molar-refractivity contribution in [3.05, 3.63) is 59.4 Å². The lowest BCUT2D eigenvalue weighted by molar-refractivity contribution is 0.221. The van der Waals surface area contributed by atoms with E-state index in [1.54, 1.807) is 12.1 Å². The highest BCUT2D eigenvalue weighted by molar-refractivity contribution is 7.92. The van der Waals surface area contributed by atoms with Crippen molar-refractivity contribution in [1.29, 1.82) is 0 Å². The molecule has 2 heterocycles. The number of methoxy groups -OCH3 is 1. The Labute approximate surface area is 245 Å². The van der Waals surface area contributed by atoms with Gasteiger partial charge in [-0.15, -0.1) is 0 Å². The first-order valence-electron chi connectivity index (χ1n) is 13.6. The van der Waals surface area contributed by atoms with Crippen LogP contribution in [0, 0.1) is 0 Å². The molecule has 1 fully saturated rings. The molecule has 12 heteroatoms. The molecule has 2 N–H and O–H groups in total. The first-order chi connectivity index (χ1) is 19.7. The van der Waals surface area contributed by atoms with E-state index in [4.69, 9.17) is 21.3 Å². The van der Waals surface area contributed by atoms with Gasteiger partial charge in [0.05, 0.1) is 23.8 Å². The lowest BCUT2D eigenvalue weighted by atomic mass is 9.90. The Kier molecular flexibility index (Phi) is 8.58.